The van der Waals surface area contributed by atoms with Gasteiger partial charge in [0, 0.05) is 46.4 Å². The molecule has 8 heteroatoms. The van der Waals surface area contributed by atoms with Crippen molar-refractivity contribution >= 4 is 21.8 Å². The van der Waals surface area contributed by atoms with Crippen LogP contribution in [0.15, 0.2) is 73.2 Å². The molecule has 1 aliphatic rings. The highest BCUT2D eigenvalue weighted by molar-refractivity contribution is 6.00. The molecule has 7 rings (SSSR count). The Hall–Kier alpha value is -4.56. The Morgan fingerprint density at radius 1 is 0.875 bits per heavy atom. The summed E-state index contributed by atoms with van der Waals surface area (Å²) in [6.45, 7) is 5.80. The van der Waals surface area contributed by atoms with Gasteiger partial charge in [-0.05, 0) is 92.5 Å². The first-order valence-corrected chi connectivity index (χ1v) is 13.7. The van der Waals surface area contributed by atoms with E-state index in [0.29, 0.717) is 6.61 Å². The minimum absolute atomic E-state index is 0.272. The van der Waals surface area contributed by atoms with Crippen molar-refractivity contribution in [2.75, 3.05) is 26.2 Å². The molecule has 0 atom stereocenters. The van der Waals surface area contributed by atoms with E-state index in [2.05, 4.69) is 42.2 Å². The Balaban J connectivity index is 1.21. The monoisotopic (exact) mass is 532 g/mol. The summed E-state index contributed by atoms with van der Waals surface area (Å²) in [6.07, 6.45) is 7.92. The van der Waals surface area contributed by atoms with Gasteiger partial charge in [-0.25, -0.2) is 4.39 Å². The van der Waals surface area contributed by atoms with Gasteiger partial charge in [0.25, 0.3) is 0 Å². The maximum absolute atomic E-state index is 14.2. The lowest BCUT2D eigenvalue weighted by atomic mass is 10.0. The first-order valence-electron chi connectivity index (χ1n) is 13.7. The number of aromatic amines is 2. The Labute approximate surface area is 231 Å². The molecular weight excluding hydrogens is 503 g/mol. The van der Waals surface area contributed by atoms with E-state index >= 15 is 0 Å². The number of aryl methyl sites for hydroxylation is 1. The van der Waals surface area contributed by atoms with Gasteiger partial charge in [0.2, 0.25) is 0 Å². The quantitative estimate of drug-likeness (QED) is 0.237. The maximum Gasteiger partial charge on any atom is 0.138 e. The summed E-state index contributed by atoms with van der Waals surface area (Å²) in [4.78, 5) is 15.0. The van der Waals surface area contributed by atoms with Crippen LogP contribution in [0.25, 0.3) is 55.6 Å². The molecule has 0 aliphatic carbocycles. The number of nitrogens with zero attached hydrogens (tertiary/aromatic N) is 4. The highest BCUT2D eigenvalue weighted by Crippen LogP contribution is 2.35. The number of H-pyrrole nitrogens is 2. The van der Waals surface area contributed by atoms with Gasteiger partial charge in [-0.1, -0.05) is 6.07 Å². The van der Waals surface area contributed by atoms with Crippen molar-refractivity contribution in [3.05, 3.63) is 84.6 Å². The smallest absolute Gasteiger partial charge is 0.138 e. The van der Waals surface area contributed by atoms with E-state index < -0.39 is 0 Å². The molecule has 1 fully saturated rings. The molecule has 0 bridgehead atoms. The normalized spacial score (nSPS) is 13.9. The molecule has 1 aliphatic heterocycles. The van der Waals surface area contributed by atoms with Crippen LogP contribution in [0.4, 0.5) is 4.39 Å². The maximum atomic E-state index is 14.2. The van der Waals surface area contributed by atoms with Crippen molar-refractivity contribution in [2.24, 2.45) is 0 Å². The van der Waals surface area contributed by atoms with E-state index in [1.807, 2.05) is 43.5 Å². The molecule has 7 nitrogen and oxygen atoms in total. The second-order valence-corrected chi connectivity index (χ2v) is 10.5. The Kier molecular flexibility index (Phi) is 6.24. The minimum Gasteiger partial charge on any atom is -0.491 e. The van der Waals surface area contributed by atoms with E-state index in [4.69, 9.17) is 4.74 Å². The molecule has 200 valence electrons. The highest BCUT2D eigenvalue weighted by atomic mass is 19.1. The first-order chi connectivity index (χ1) is 19.6. The number of rotatable bonds is 7. The lowest BCUT2D eigenvalue weighted by molar-refractivity contribution is 0.237. The topological polar surface area (TPSA) is 82.7 Å². The molecule has 4 aromatic heterocycles. The van der Waals surface area contributed by atoms with Gasteiger partial charge in [0.05, 0.1) is 23.1 Å². The predicted octanol–water partition coefficient (Wildman–Crippen LogP) is 6.76. The fraction of sp³-hybridized carbons (Fsp3) is 0.219. The summed E-state index contributed by atoms with van der Waals surface area (Å²) in [7, 11) is 0. The molecule has 2 N–H and O–H groups in total. The summed E-state index contributed by atoms with van der Waals surface area (Å²) in [5.41, 5.74) is 7.86. The summed E-state index contributed by atoms with van der Waals surface area (Å²) in [5, 5.41) is 9.70. The van der Waals surface area contributed by atoms with E-state index in [1.54, 1.807) is 12.4 Å². The van der Waals surface area contributed by atoms with Crippen LogP contribution in [-0.4, -0.2) is 56.3 Å². The number of fused-ring (bicyclic) bond motifs is 2. The molecule has 1 saturated heterocycles. The number of benzene rings is 2. The summed E-state index contributed by atoms with van der Waals surface area (Å²) >= 11 is 0. The van der Waals surface area contributed by atoms with Gasteiger partial charge in [-0.3, -0.25) is 20.0 Å². The number of ether oxygens (including phenoxy) is 1. The van der Waals surface area contributed by atoms with E-state index in [9.17, 15) is 4.39 Å². The molecule has 6 aromatic rings. The van der Waals surface area contributed by atoms with Gasteiger partial charge in [0.1, 0.15) is 23.9 Å². The molecule has 0 saturated carbocycles. The average molecular weight is 533 g/mol. The Morgan fingerprint density at radius 3 is 2.62 bits per heavy atom. The van der Waals surface area contributed by atoms with Gasteiger partial charge in [-0.2, -0.15) is 5.10 Å². The predicted molar refractivity (Wildman–Crippen MR) is 156 cm³/mol. The molecule has 40 heavy (non-hydrogen) atoms. The minimum atomic E-state index is -0.272. The van der Waals surface area contributed by atoms with Crippen molar-refractivity contribution in [1.29, 1.82) is 0 Å². The third kappa shape index (κ3) is 4.71. The third-order valence-corrected chi connectivity index (χ3v) is 7.60. The van der Waals surface area contributed by atoms with Crippen molar-refractivity contribution in [3.63, 3.8) is 0 Å². The van der Waals surface area contributed by atoms with Crippen LogP contribution in [0.2, 0.25) is 0 Å². The van der Waals surface area contributed by atoms with Crippen LogP contribution in [0.5, 0.6) is 5.75 Å². The Morgan fingerprint density at radius 2 is 1.75 bits per heavy atom. The van der Waals surface area contributed by atoms with E-state index in [1.165, 1.54) is 25.0 Å². The van der Waals surface area contributed by atoms with Crippen LogP contribution in [0.1, 0.15) is 18.4 Å². The molecule has 0 radical (unpaired) electrons. The molecule has 0 amide bonds. The van der Waals surface area contributed by atoms with Crippen LogP contribution in [0, 0.1) is 12.7 Å². The van der Waals surface area contributed by atoms with Crippen molar-refractivity contribution in [2.45, 2.75) is 19.8 Å². The van der Waals surface area contributed by atoms with Crippen molar-refractivity contribution in [3.8, 4) is 39.5 Å². The first kappa shape index (κ1) is 24.5. The van der Waals surface area contributed by atoms with E-state index in [0.717, 1.165) is 86.5 Å². The molecule has 0 unspecified atom stereocenters. The number of nitrogens with one attached hydrogen (secondary N) is 2. The number of likely N-dealkylation sites (tertiary alicyclic amines) is 1. The summed E-state index contributed by atoms with van der Waals surface area (Å²) < 4.78 is 20.2. The van der Waals surface area contributed by atoms with Crippen molar-refractivity contribution in [1.82, 2.24) is 30.0 Å². The van der Waals surface area contributed by atoms with Crippen LogP contribution in [0.3, 0.4) is 0 Å². The lowest BCUT2D eigenvalue weighted by Gasteiger charge is -2.15. The second-order valence-electron chi connectivity index (χ2n) is 10.5. The average Bonchev–Trinajstić information content (AvgIpc) is 3.71. The number of pyridine rings is 2. The van der Waals surface area contributed by atoms with Crippen LogP contribution < -0.4 is 4.74 Å². The lowest BCUT2D eigenvalue weighted by Crippen LogP contribution is -2.25. The fourth-order valence-electron chi connectivity index (χ4n) is 5.64. The largest absolute Gasteiger partial charge is 0.491 e. The molecule has 0 spiro atoms. The zero-order chi connectivity index (χ0) is 27.1. The molecular formula is C32H29FN6O. The summed E-state index contributed by atoms with van der Waals surface area (Å²) in [6, 6.07) is 17.2. The van der Waals surface area contributed by atoms with E-state index in [-0.39, 0.29) is 5.82 Å². The van der Waals surface area contributed by atoms with Crippen LogP contribution >= 0.6 is 0 Å². The zero-order valence-electron chi connectivity index (χ0n) is 22.2. The van der Waals surface area contributed by atoms with Gasteiger partial charge < -0.3 is 9.72 Å². The van der Waals surface area contributed by atoms with Gasteiger partial charge in [0.15, 0.2) is 0 Å². The number of hydrogen-bond acceptors (Lipinski definition) is 5. The molecule has 5 heterocycles. The standard InChI is InChI=1S/C32H29FN6O/c1-20-12-22(14-24(33)13-20)31-27-17-30(36-28(27)6-7-35-31)32-26-16-21(4-5-29(26)37-38-32)23-15-25(19-34-18-23)40-11-10-39-8-2-3-9-39/h4-7,12-19,36H,2-3,8-11H2,1H3,(H,37,38). The summed E-state index contributed by atoms with van der Waals surface area (Å²) in [5.74, 6) is 0.499. The second kappa shape index (κ2) is 10.2. The third-order valence-electron chi connectivity index (χ3n) is 7.60. The number of hydrogen-bond donors (Lipinski definition) is 2. The Bertz CT molecular complexity index is 1810. The van der Waals surface area contributed by atoms with Crippen molar-refractivity contribution < 1.29 is 9.13 Å². The fourth-order valence-corrected chi connectivity index (χ4v) is 5.64. The number of aromatic nitrogens is 5. The SMILES string of the molecule is Cc1cc(F)cc(-c2nccc3[nH]c(-c4n[nH]c5ccc(-c6cncc(OCCN7CCCC7)c6)cc45)cc23)c1. The molecule has 2 aromatic carbocycles. The number of halogens is 1. The van der Waals surface area contributed by atoms with Crippen LogP contribution in [-0.2, 0) is 0 Å². The van der Waals surface area contributed by atoms with Gasteiger partial charge in [-0.15, -0.1) is 0 Å². The zero-order valence-corrected chi connectivity index (χ0v) is 22.2. The van der Waals surface area contributed by atoms with Gasteiger partial charge >= 0.3 is 0 Å². The highest BCUT2D eigenvalue weighted by Gasteiger charge is 2.16.